The molecule has 0 saturated carbocycles. The summed E-state index contributed by atoms with van der Waals surface area (Å²) in [6.07, 6.45) is -1.71. The van der Waals surface area contributed by atoms with Crippen LogP contribution in [-0.2, 0) is 15.1 Å². The summed E-state index contributed by atoms with van der Waals surface area (Å²) in [4.78, 5) is 11.4. The van der Waals surface area contributed by atoms with Crippen LogP contribution >= 0.6 is 0 Å². The van der Waals surface area contributed by atoms with Gasteiger partial charge in [-0.25, -0.2) is 4.79 Å². The summed E-state index contributed by atoms with van der Waals surface area (Å²) in [5, 5.41) is 19.7. The summed E-state index contributed by atoms with van der Waals surface area (Å²) < 4.78 is 5.79. The number of carbonyl (C=O) groups is 1. The highest BCUT2D eigenvalue weighted by atomic mass is 16.5. The van der Waals surface area contributed by atoms with Crippen LogP contribution in [-0.4, -0.2) is 28.9 Å². The first-order chi connectivity index (χ1) is 10.1. The second-order valence-corrected chi connectivity index (χ2v) is 4.64. The summed E-state index contributed by atoms with van der Waals surface area (Å²) in [6, 6.07) is 17.9. The number of aliphatic carboxylic acids is 1. The topological polar surface area (TPSA) is 66.8 Å². The molecule has 4 heteroatoms. The Hall–Kier alpha value is -2.17. The van der Waals surface area contributed by atoms with E-state index < -0.39 is 17.7 Å². The molecule has 0 spiro atoms. The summed E-state index contributed by atoms with van der Waals surface area (Å²) >= 11 is 0. The molecule has 0 heterocycles. The van der Waals surface area contributed by atoms with Crippen molar-refractivity contribution in [2.75, 3.05) is 6.61 Å². The Kier molecular flexibility index (Phi) is 4.73. The molecule has 2 aromatic carbocycles. The maximum atomic E-state index is 11.4. The van der Waals surface area contributed by atoms with Crippen molar-refractivity contribution in [3.63, 3.8) is 0 Å². The highest BCUT2D eigenvalue weighted by Gasteiger charge is 2.46. The van der Waals surface area contributed by atoms with E-state index in [-0.39, 0.29) is 6.61 Å². The van der Waals surface area contributed by atoms with Gasteiger partial charge in [0.05, 0.1) is 0 Å². The third kappa shape index (κ3) is 2.82. The van der Waals surface area contributed by atoms with E-state index in [9.17, 15) is 15.0 Å². The number of carboxylic acid groups (broad SMARTS) is 1. The molecule has 0 saturated heterocycles. The molecule has 2 rings (SSSR count). The van der Waals surface area contributed by atoms with E-state index in [1.54, 1.807) is 55.5 Å². The molecule has 110 valence electrons. The first kappa shape index (κ1) is 15.2. The molecule has 0 bridgehead atoms. The Morgan fingerprint density at radius 1 is 1.05 bits per heavy atom. The summed E-state index contributed by atoms with van der Waals surface area (Å²) in [6.45, 7) is 2.04. The predicted molar refractivity (Wildman–Crippen MR) is 78.9 cm³/mol. The Balaban J connectivity index is 2.69. The Labute approximate surface area is 123 Å². The number of benzene rings is 2. The fourth-order valence-corrected chi connectivity index (χ4v) is 2.50. The van der Waals surface area contributed by atoms with Crippen LogP contribution in [0.3, 0.4) is 0 Å². The molecule has 1 unspecified atom stereocenters. The number of ether oxygens (including phenoxy) is 1. The maximum absolute atomic E-state index is 11.4. The Bertz CT molecular complexity index is 541. The van der Waals surface area contributed by atoms with Gasteiger partial charge in [0.25, 0.3) is 0 Å². The minimum absolute atomic E-state index is 0.272. The van der Waals surface area contributed by atoms with E-state index >= 15 is 0 Å². The van der Waals surface area contributed by atoms with E-state index in [1.165, 1.54) is 0 Å². The van der Waals surface area contributed by atoms with Crippen LogP contribution in [0.15, 0.2) is 60.7 Å². The average molecular weight is 286 g/mol. The molecule has 4 nitrogen and oxygen atoms in total. The molecule has 0 aliphatic heterocycles. The number of aliphatic hydroxyl groups excluding tert-OH is 1. The summed E-state index contributed by atoms with van der Waals surface area (Å²) in [5.41, 5.74) is -0.218. The minimum Gasteiger partial charge on any atom is -0.479 e. The van der Waals surface area contributed by atoms with Crippen molar-refractivity contribution in [1.29, 1.82) is 0 Å². The number of aliphatic hydroxyl groups is 1. The van der Waals surface area contributed by atoms with Crippen molar-refractivity contribution < 1.29 is 19.7 Å². The molecular formula is C17H18O4. The molecule has 0 fully saturated rings. The second kappa shape index (κ2) is 6.52. The lowest BCUT2D eigenvalue weighted by Gasteiger charge is -2.36. The number of hydrogen-bond acceptors (Lipinski definition) is 3. The lowest BCUT2D eigenvalue weighted by molar-refractivity contribution is -0.166. The summed E-state index contributed by atoms with van der Waals surface area (Å²) in [5.74, 6) is -1.32. The molecule has 21 heavy (non-hydrogen) atoms. The molecule has 0 aliphatic carbocycles. The normalized spacial score (nSPS) is 12.9. The molecule has 1 atom stereocenters. The monoisotopic (exact) mass is 286 g/mol. The second-order valence-electron chi connectivity index (χ2n) is 4.64. The van der Waals surface area contributed by atoms with Crippen molar-refractivity contribution >= 4 is 5.97 Å². The van der Waals surface area contributed by atoms with Crippen molar-refractivity contribution in [3.8, 4) is 0 Å². The highest BCUT2D eigenvalue weighted by Crippen LogP contribution is 2.37. The molecule has 2 aromatic rings. The van der Waals surface area contributed by atoms with E-state index in [1.807, 2.05) is 12.1 Å². The first-order valence-corrected chi connectivity index (χ1v) is 6.78. The van der Waals surface area contributed by atoms with Gasteiger partial charge in [-0.15, -0.1) is 0 Å². The Morgan fingerprint density at radius 2 is 1.48 bits per heavy atom. The SMILES string of the molecule is CCOC(c1ccccc1)(c1ccccc1)C(O)C(=O)O. The molecular weight excluding hydrogens is 268 g/mol. The minimum atomic E-state index is -1.71. The van der Waals surface area contributed by atoms with Crippen LogP contribution in [0.2, 0.25) is 0 Å². The van der Waals surface area contributed by atoms with E-state index in [0.717, 1.165) is 0 Å². The predicted octanol–water partition coefficient (Wildman–Crippen LogP) is 2.41. The first-order valence-electron chi connectivity index (χ1n) is 6.78. The lowest BCUT2D eigenvalue weighted by Crippen LogP contribution is -2.47. The van der Waals surface area contributed by atoms with Gasteiger partial charge in [-0.2, -0.15) is 0 Å². The fourth-order valence-electron chi connectivity index (χ4n) is 2.50. The van der Waals surface area contributed by atoms with Crippen LogP contribution in [0.1, 0.15) is 18.1 Å². The van der Waals surface area contributed by atoms with Gasteiger partial charge in [-0.3, -0.25) is 0 Å². The lowest BCUT2D eigenvalue weighted by atomic mass is 9.81. The van der Waals surface area contributed by atoms with Crippen LogP contribution in [0.5, 0.6) is 0 Å². The average Bonchev–Trinajstić information content (AvgIpc) is 2.53. The van der Waals surface area contributed by atoms with Gasteiger partial charge in [-0.1, -0.05) is 60.7 Å². The standard InChI is InChI=1S/C17H18O4/c1-2-21-17(15(18)16(19)20,13-9-5-3-6-10-13)14-11-7-4-8-12-14/h3-12,15,18H,2H2,1H3,(H,19,20). The molecule has 0 radical (unpaired) electrons. The smallest absolute Gasteiger partial charge is 0.336 e. The van der Waals surface area contributed by atoms with Crippen LogP contribution in [0.4, 0.5) is 0 Å². The zero-order chi connectivity index (χ0) is 15.3. The van der Waals surface area contributed by atoms with Gasteiger partial charge in [0, 0.05) is 6.61 Å². The van der Waals surface area contributed by atoms with Crippen LogP contribution in [0, 0.1) is 0 Å². The number of rotatable bonds is 6. The van der Waals surface area contributed by atoms with Crippen molar-refractivity contribution in [3.05, 3.63) is 71.8 Å². The number of carboxylic acids is 1. The third-order valence-electron chi connectivity index (χ3n) is 3.40. The van der Waals surface area contributed by atoms with Gasteiger partial charge in [0.1, 0.15) is 0 Å². The fraction of sp³-hybridized carbons (Fsp3) is 0.235. The van der Waals surface area contributed by atoms with Crippen LogP contribution < -0.4 is 0 Å². The largest absolute Gasteiger partial charge is 0.479 e. The van der Waals surface area contributed by atoms with Crippen molar-refractivity contribution in [2.45, 2.75) is 18.6 Å². The molecule has 0 aliphatic rings. The van der Waals surface area contributed by atoms with Gasteiger partial charge < -0.3 is 14.9 Å². The van der Waals surface area contributed by atoms with Gasteiger partial charge >= 0.3 is 5.97 Å². The van der Waals surface area contributed by atoms with E-state index in [2.05, 4.69) is 0 Å². The number of hydrogen-bond donors (Lipinski definition) is 2. The van der Waals surface area contributed by atoms with Gasteiger partial charge in [0.15, 0.2) is 11.7 Å². The summed E-state index contributed by atoms with van der Waals surface area (Å²) in [7, 11) is 0. The zero-order valence-corrected chi connectivity index (χ0v) is 11.8. The van der Waals surface area contributed by atoms with Crippen molar-refractivity contribution in [2.24, 2.45) is 0 Å². The van der Waals surface area contributed by atoms with Gasteiger partial charge in [0.2, 0.25) is 0 Å². The molecule has 0 aromatic heterocycles. The Morgan fingerprint density at radius 3 is 1.81 bits per heavy atom. The quantitative estimate of drug-likeness (QED) is 0.856. The maximum Gasteiger partial charge on any atom is 0.336 e. The zero-order valence-electron chi connectivity index (χ0n) is 11.8. The third-order valence-corrected chi connectivity index (χ3v) is 3.40. The molecule has 0 amide bonds. The van der Waals surface area contributed by atoms with E-state index in [0.29, 0.717) is 11.1 Å². The van der Waals surface area contributed by atoms with Crippen LogP contribution in [0.25, 0.3) is 0 Å². The van der Waals surface area contributed by atoms with Crippen molar-refractivity contribution in [1.82, 2.24) is 0 Å². The van der Waals surface area contributed by atoms with E-state index in [4.69, 9.17) is 4.74 Å². The van der Waals surface area contributed by atoms with Gasteiger partial charge in [-0.05, 0) is 18.1 Å². The highest BCUT2D eigenvalue weighted by molar-refractivity contribution is 5.75. The molecule has 2 N–H and O–H groups in total.